The number of ether oxygens (including phenoxy) is 1. The summed E-state index contributed by atoms with van der Waals surface area (Å²) in [5.41, 5.74) is 5.10. The number of carbonyl (C=O) groups excluding carboxylic acids is 1. The molecule has 0 aliphatic carbocycles. The van der Waals surface area contributed by atoms with E-state index in [9.17, 15) is 9.36 Å². The van der Waals surface area contributed by atoms with Gasteiger partial charge in [-0.15, -0.1) is 0 Å². The zero-order chi connectivity index (χ0) is 20.3. The number of hydrogen-bond donors (Lipinski definition) is 3. The number of hydrogen-bond acceptors (Lipinski definition) is 5. The van der Waals surface area contributed by atoms with Gasteiger partial charge in [-0.2, -0.15) is 0 Å². The fourth-order valence-corrected chi connectivity index (χ4v) is 2.90. The Balaban J connectivity index is 2.38. The number of unbranched alkanes of at least 4 members (excludes halogenated alkanes) is 5. The van der Waals surface area contributed by atoms with E-state index in [0.29, 0.717) is 6.61 Å². The van der Waals surface area contributed by atoms with Crippen LogP contribution in [0.25, 0.3) is 0 Å². The predicted octanol–water partition coefficient (Wildman–Crippen LogP) is 3.36. The van der Waals surface area contributed by atoms with Gasteiger partial charge in [-0.05, 0) is 31.0 Å². The van der Waals surface area contributed by atoms with Crippen molar-refractivity contribution in [2.24, 2.45) is 5.73 Å². The Hall–Kier alpha value is -1.24. The molecule has 0 spiro atoms. The summed E-state index contributed by atoms with van der Waals surface area (Å²) < 4.78 is 20.8. The Kier molecular flexibility index (Phi) is 10.2. The van der Waals surface area contributed by atoms with Crippen LogP contribution in [-0.2, 0) is 20.3 Å². The highest BCUT2D eigenvalue weighted by Gasteiger charge is 2.31. The van der Waals surface area contributed by atoms with Crippen molar-refractivity contribution in [1.82, 2.24) is 0 Å². The average Bonchev–Trinajstić information content (AvgIpc) is 2.60. The summed E-state index contributed by atoms with van der Waals surface area (Å²) >= 11 is 0. The molecular formula is C19H32NO6P. The van der Waals surface area contributed by atoms with Crippen molar-refractivity contribution in [2.45, 2.75) is 64.3 Å². The molecule has 0 unspecified atom stereocenters. The normalized spacial score (nSPS) is 14.0. The highest BCUT2D eigenvalue weighted by atomic mass is 31.2. The molecule has 0 saturated carbocycles. The van der Waals surface area contributed by atoms with E-state index in [1.807, 2.05) is 0 Å². The Morgan fingerprint density at radius 3 is 2.30 bits per heavy atom. The van der Waals surface area contributed by atoms with Crippen molar-refractivity contribution < 1.29 is 28.4 Å². The van der Waals surface area contributed by atoms with Gasteiger partial charge in [0.05, 0.1) is 18.8 Å². The molecule has 0 aliphatic heterocycles. The van der Waals surface area contributed by atoms with Gasteiger partial charge in [0.25, 0.3) is 0 Å². The number of benzene rings is 1. The average molecular weight is 401 g/mol. The SMILES string of the molecule is CCCCCCCCOc1ccc(CC(=O)[C@@](C)(N)COP(=O)(O)O)cc1. The van der Waals surface area contributed by atoms with Crippen LogP contribution in [0.15, 0.2) is 24.3 Å². The second-order valence-electron chi connectivity index (χ2n) is 7.04. The summed E-state index contributed by atoms with van der Waals surface area (Å²) in [6.07, 6.45) is 7.28. The van der Waals surface area contributed by atoms with E-state index in [2.05, 4.69) is 11.4 Å². The van der Waals surface area contributed by atoms with E-state index in [1.165, 1.54) is 39.0 Å². The molecule has 0 radical (unpaired) electrons. The number of carbonyl (C=O) groups is 1. The number of Topliss-reactive ketones (excluding diaryl/α,β-unsaturated/α-hetero) is 1. The number of phosphoric ester groups is 1. The van der Waals surface area contributed by atoms with Crippen molar-refractivity contribution in [3.8, 4) is 5.75 Å². The van der Waals surface area contributed by atoms with E-state index in [-0.39, 0.29) is 12.2 Å². The number of nitrogens with two attached hydrogens (primary N) is 1. The molecule has 154 valence electrons. The molecule has 8 heteroatoms. The summed E-state index contributed by atoms with van der Waals surface area (Å²) in [5.74, 6) is 0.386. The molecule has 27 heavy (non-hydrogen) atoms. The molecule has 0 fully saturated rings. The largest absolute Gasteiger partial charge is 0.494 e. The lowest BCUT2D eigenvalue weighted by Crippen LogP contribution is -2.49. The molecule has 7 nitrogen and oxygen atoms in total. The fraction of sp³-hybridized carbons (Fsp3) is 0.632. The van der Waals surface area contributed by atoms with Gasteiger partial charge in [-0.3, -0.25) is 9.32 Å². The van der Waals surface area contributed by atoms with Crippen LogP contribution in [0.3, 0.4) is 0 Å². The first-order chi connectivity index (χ1) is 12.6. The Morgan fingerprint density at radius 1 is 1.11 bits per heavy atom. The van der Waals surface area contributed by atoms with Crippen LogP contribution in [0.4, 0.5) is 0 Å². The molecule has 1 rings (SSSR count). The monoisotopic (exact) mass is 401 g/mol. The minimum Gasteiger partial charge on any atom is -0.494 e. The van der Waals surface area contributed by atoms with E-state index < -0.39 is 20.0 Å². The second kappa shape index (κ2) is 11.6. The lowest BCUT2D eigenvalue weighted by Gasteiger charge is -2.23. The molecule has 1 aromatic carbocycles. The molecule has 0 heterocycles. The van der Waals surface area contributed by atoms with Crippen molar-refractivity contribution in [1.29, 1.82) is 0 Å². The third kappa shape index (κ3) is 10.6. The van der Waals surface area contributed by atoms with E-state index >= 15 is 0 Å². The maximum Gasteiger partial charge on any atom is 0.469 e. The smallest absolute Gasteiger partial charge is 0.469 e. The zero-order valence-electron chi connectivity index (χ0n) is 16.2. The summed E-state index contributed by atoms with van der Waals surface area (Å²) in [6.45, 7) is 3.72. The third-order valence-corrected chi connectivity index (χ3v) is 4.69. The predicted molar refractivity (Wildman–Crippen MR) is 105 cm³/mol. The minimum absolute atomic E-state index is 0.0508. The molecule has 4 N–H and O–H groups in total. The lowest BCUT2D eigenvalue weighted by atomic mass is 9.93. The van der Waals surface area contributed by atoms with Crippen molar-refractivity contribution in [2.75, 3.05) is 13.2 Å². The molecule has 0 aromatic heterocycles. The standard InChI is InChI=1S/C19H32NO6P/c1-3-4-5-6-7-8-13-25-17-11-9-16(10-12-17)14-18(21)19(2,20)15-26-27(22,23)24/h9-12H,3-8,13-15,20H2,1-2H3,(H2,22,23,24)/t19-/m0/s1. The topological polar surface area (TPSA) is 119 Å². The summed E-state index contributed by atoms with van der Waals surface area (Å²) in [5, 5.41) is 0. The van der Waals surface area contributed by atoms with Crippen LogP contribution in [0, 0.1) is 0 Å². The summed E-state index contributed by atoms with van der Waals surface area (Å²) in [4.78, 5) is 29.7. The van der Waals surface area contributed by atoms with Crippen LogP contribution >= 0.6 is 7.82 Å². The van der Waals surface area contributed by atoms with Gasteiger partial charge in [0.15, 0.2) is 5.78 Å². The third-order valence-electron chi connectivity index (χ3n) is 4.22. The zero-order valence-corrected chi connectivity index (χ0v) is 17.1. The molecular weight excluding hydrogens is 369 g/mol. The first kappa shape index (κ1) is 23.8. The van der Waals surface area contributed by atoms with Crippen molar-refractivity contribution >= 4 is 13.6 Å². The van der Waals surface area contributed by atoms with Crippen LogP contribution in [0.1, 0.15) is 57.9 Å². The number of ketones is 1. The lowest BCUT2D eigenvalue weighted by molar-refractivity contribution is -0.124. The van der Waals surface area contributed by atoms with Crippen molar-refractivity contribution in [3.63, 3.8) is 0 Å². The van der Waals surface area contributed by atoms with Gasteiger partial charge in [-0.25, -0.2) is 4.57 Å². The highest BCUT2D eigenvalue weighted by molar-refractivity contribution is 7.46. The molecule has 1 aromatic rings. The Morgan fingerprint density at radius 2 is 1.70 bits per heavy atom. The first-order valence-corrected chi connectivity index (χ1v) is 10.9. The van der Waals surface area contributed by atoms with E-state index in [4.69, 9.17) is 20.3 Å². The van der Waals surface area contributed by atoms with Gasteiger partial charge < -0.3 is 20.3 Å². The summed E-state index contributed by atoms with van der Waals surface area (Å²) in [7, 11) is -4.66. The van der Waals surface area contributed by atoms with Gasteiger partial charge in [0, 0.05) is 6.42 Å². The number of phosphoric acid groups is 1. The Labute approximate surface area is 161 Å². The van der Waals surface area contributed by atoms with Gasteiger partial charge in [0.1, 0.15) is 5.75 Å². The molecule has 0 saturated heterocycles. The molecule has 0 aliphatic rings. The van der Waals surface area contributed by atoms with Crippen molar-refractivity contribution in [3.05, 3.63) is 29.8 Å². The molecule has 0 amide bonds. The fourth-order valence-electron chi connectivity index (χ4n) is 2.46. The summed E-state index contributed by atoms with van der Waals surface area (Å²) in [6, 6.07) is 7.18. The van der Waals surface area contributed by atoms with Gasteiger partial charge in [-0.1, -0.05) is 51.2 Å². The van der Waals surface area contributed by atoms with E-state index in [1.54, 1.807) is 24.3 Å². The quantitative estimate of drug-likeness (QED) is 0.323. The molecule has 1 atom stereocenters. The maximum absolute atomic E-state index is 12.3. The highest BCUT2D eigenvalue weighted by Crippen LogP contribution is 2.36. The van der Waals surface area contributed by atoms with Crippen LogP contribution < -0.4 is 10.5 Å². The van der Waals surface area contributed by atoms with Crippen LogP contribution in [0.5, 0.6) is 5.75 Å². The second-order valence-corrected chi connectivity index (χ2v) is 8.28. The maximum atomic E-state index is 12.3. The first-order valence-electron chi connectivity index (χ1n) is 9.38. The number of rotatable bonds is 14. The van der Waals surface area contributed by atoms with Crippen LogP contribution in [0.2, 0.25) is 0 Å². The van der Waals surface area contributed by atoms with Gasteiger partial charge in [0.2, 0.25) is 0 Å². The van der Waals surface area contributed by atoms with Crippen LogP contribution in [-0.4, -0.2) is 34.3 Å². The Bertz CT molecular complexity index is 611. The minimum atomic E-state index is -4.66. The van der Waals surface area contributed by atoms with E-state index in [0.717, 1.165) is 17.7 Å². The van der Waals surface area contributed by atoms with Gasteiger partial charge >= 0.3 is 7.82 Å². The molecule has 0 bridgehead atoms.